The number of rotatable bonds is 3. The predicted octanol–water partition coefficient (Wildman–Crippen LogP) is 3.81. The minimum absolute atomic E-state index is 0.107. The second kappa shape index (κ2) is 5.29. The first-order valence-corrected chi connectivity index (χ1v) is 6.88. The van der Waals surface area contributed by atoms with Gasteiger partial charge < -0.3 is 0 Å². The van der Waals surface area contributed by atoms with Crippen molar-refractivity contribution in [3.63, 3.8) is 0 Å². The summed E-state index contributed by atoms with van der Waals surface area (Å²) in [5.74, 6) is 0. The highest BCUT2D eigenvalue weighted by Crippen LogP contribution is 2.20. The van der Waals surface area contributed by atoms with E-state index in [0.717, 1.165) is 0 Å². The summed E-state index contributed by atoms with van der Waals surface area (Å²) < 4.78 is 27.0. The Bertz CT molecular complexity index is 669. The molecule has 0 heterocycles. The van der Waals surface area contributed by atoms with Crippen molar-refractivity contribution < 1.29 is 8.42 Å². The van der Waals surface area contributed by atoms with Crippen LogP contribution in [0.3, 0.4) is 0 Å². The lowest BCUT2D eigenvalue weighted by Gasteiger charge is -1.96. The summed E-state index contributed by atoms with van der Waals surface area (Å²) >= 11 is 5.76. The van der Waals surface area contributed by atoms with Gasteiger partial charge in [-0.05, 0) is 30.3 Å². The fraction of sp³-hybridized carbons (Fsp3) is 0. The average Bonchev–Trinajstić information content (AvgIpc) is 2.38. The third-order valence-electron chi connectivity index (χ3n) is 2.11. The lowest BCUT2D eigenvalue weighted by molar-refractivity contribution is 0.595. The van der Waals surface area contributed by atoms with E-state index in [1.54, 1.807) is 36.4 Å². The van der Waals surface area contributed by atoms with E-state index in [0.29, 0.717) is 10.7 Å². The maximum Gasteiger partial charge on any atom is 0.299 e. The van der Waals surface area contributed by atoms with Crippen LogP contribution in [0.4, 0.5) is 5.69 Å². The van der Waals surface area contributed by atoms with Crippen LogP contribution in [-0.4, -0.2) is 8.42 Å². The number of hydrogen-bond acceptors (Lipinski definition) is 3. The number of benzene rings is 2. The molecule has 0 aliphatic heterocycles. The van der Waals surface area contributed by atoms with Gasteiger partial charge in [0.15, 0.2) is 0 Å². The van der Waals surface area contributed by atoms with Crippen molar-refractivity contribution in [1.29, 1.82) is 0 Å². The first-order chi connectivity index (χ1) is 8.58. The summed E-state index contributed by atoms with van der Waals surface area (Å²) in [6.07, 6.45) is 0. The molecule has 0 aliphatic carbocycles. The third-order valence-corrected chi connectivity index (χ3v) is 3.51. The van der Waals surface area contributed by atoms with Crippen LogP contribution < -0.4 is 0 Å². The summed E-state index contributed by atoms with van der Waals surface area (Å²) in [4.78, 5) is 0.107. The highest BCUT2D eigenvalue weighted by atomic mass is 35.5. The second-order valence-corrected chi connectivity index (χ2v) is 5.47. The van der Waals surface area contributed by atoms with Gasteiger partial charge in [0.05, 0.1) is 10.6 Å². The number of hydrogen-bond donors (Lipinski definition) is 0. The van der Waals surface area contributed by atoms with Crippen LogP contribution >= 0.6 is 11.6 Å². The summed E-state index contributed by atoms with van der Waals surface area (Å²) in [6.45, 7) is 0. The number of nitrogens with zero attached hydrogens (tertiary/aromatic N) is 2. The van der Waals surface area contributed by atoms with Gasteiger partial charge in [-0.2, -0.15) is 8.42 Å². The van der Waals surface area contributed by atoms with Crippen LogP contribution in [0.1, 0.15) is 0 Å². The zero-order valence-corrected chi connectivity index (χ0v) is 10.8. The lowest BCUT2D eigenvalue weighted by atomic mass is 10.3. The molecule has 4 nitrogen and oxygen atoms in total. The standard InChI is InChI=1S/C12H9ClN2O2S/c13-10-5-4-6-11(9-10)14-15-18(16,17)12-7-2-1-3-8-12/h1-9H. The fourth-order valence-corrected chi connectivity index (χ4v) is 2.26. The Kier molecular flexibility index (Phi) is 3.74. The van der Waals surface area contributed by atoms with Gasteiger partial charge in [-0.15, -0.1) is 5.11 Å². The monoisotopic (exact) mass is 280 g/mol. The van der Waals surface area contributed by atoms with Crippen LogP contribution in [-0.2, 0) is 10.0 Å². The molecule has 2 aromatic rings. The van der Waals surface area contributed by atoms with E-state index >= 15 is 0 Å². The topological polar surface area (TPSA) is 58.9 Å². The van der Waals surface area contributed by atoms with Gasteiger partial charge in [-0.1, -0.05) is 40.4 Å². The molecule has 0 saturated carbocycles. The molecule has 0 atom stereocenters. The summed E-state index contributed by atoms with van der Waals surface area (Å²) in [7, 11) is -3.76. The van der Waals surface area contributed by atoms with Crippen molar-refractivity contribution in [3.05, 3.63) is 59.6 Å². The first-order valence-electron chi connectivity index (χ1n) is 5.06. The maximum atomic E-state index is 11.8. The van der Waals surface area contributed by atoms with Gasteiger partial charge >= 0.3 is 0 Å². The molecular weight excluding hydrogens is 272 g/mol. The Morgan fingerprint density at radius 2 is 1.67 bits per heavy atom. The van der Waals surface area contributed by atoms with Gasteiger partial charge in [-0.25, -0.2) is 0 Å². The largest absolute Gasteiger partial charge is 0.299 e. The molecule has 0 unspecified atom stereocenters. The molecule has 0 fully saturated rings. The average molecular weight is 281 g/mol. The van der Waals surface area contributed by atoms with Gasteiger partial charge in [0.25, 0.3) is 10.0 Å². The Balaban J connectivity index is 2.29. The second-order valence-electron chi connectivity index (χ2n) is 3.45. The SMILES string of the molecule is O=S(=O)(N=Nc1cccc(Cl)c1)c1ccccc1. The molecule has 0 spiro atoms. The van der Waals surface area contributed by atoms with Crippen molar-refractivity contribution in [3.8, 4) is 0 Å². The normalized spacial score (nSPS) is 11.8. The van der Waals surface area contributed by atoms with Gasteiger partial charge in [0.1, 0.15) is 0 Å². The van der Waals surface area contributed by atoms with Crippen molar-refractivity contribution in [2.24, 2.45) is 9.63 Å². The zero-order chi connectivity index (χ0) is 13.0. The molecule has 0 bridgehead atoms. The van der Waals surface area contributed by atoms with E-state index in [-0.39, 0.29) is 4.90 Å². The molecule has 0 amide bonds. The van der Waals surface area contributed by atoms with Crippen LogP contribution in [0.5, 0.6) is 0 Å². The van der Waals surface area contributed by atoms with E-state index in [4.69, 9.17) is 11.6 Å². The molecular formula is C12H9ClN2O2S. The predicted molar refractivity (Wildman–Crippen MR) is 69.6 cm³/mol. The van der Waals surface area contributed by atoms with Crippen LogP contribution in [0.2, 0.25) is 5.02 Å². The Hall–Kier alpha value is -1.72. The smallest absolute Gasteiger partial charge is 0.198 e. The van der Waals surface area contributed by atoms with Crippen molar-refractivity contribution in [1.82, 2.24) is 0 Å². The minimum Gasteiger partial charge on any atom is -0.198 e. The minimum atomic E-state index is -3.76. The molecule has 6 heteroatoms. The molecule has 0 N–H and O–H groups in total. The van der Waals surface area contributed by atoms with E-state index in [9.17, 15) is 8.42 Å². The molecule has 2 aromatic carbocycles. The molecule has 0 radical (unpaired) electrons. The Morgan fingerprint density at radius 3 is 2.33 bits per heavy atom. The van der Waals surface area contributed by atoms with Crippen LogP contribution in [0, 0.1) is 0 Å². The lowest BCUT2D eigenvalue weighted by Crippen LogP contribution is -1.94. The molecule has 0 aromatic heterocycles. The zero-order valence-electron chi connectivity index (χ0n) is 9.19. The molecule has 0 saturated heterocycles. The number of halogens is 1. The highest BCUT2D eigenvalue weighted by Gasteiger charge is 2.11. The van der Waals surface area contributed by atoms with Crippen molar-refractivity contribution in [2.45, 2.75) is 4.90 Å². The summed E-state index contributed by atoms with van der Waals surface area (Å²) in [6, 6.07) is 14.4. The van der Waals surface area contributed by atoms with Crippen molar-refractivity contribution in [2.75, 3.05) is 0 Å². The van der Waals surface area contributed by atoms with E-state index < -0.39 is 10.0 Å². The Morgan fingerprint density at radius 1 is 0.944 bits per heavy atom. The molecule has 18 heavy (non-hydrogen) atoms. The van der Waals surface area contributed by atoms with Crippen LogP contribution in [0.25, 0.3) is 0 Å². The maximum absolute atomic E-state index is 11.8. The van der Waals surface area contributed by atoms with Gasteiger partial charge in [-0.3, -0.25) is 0 Å². The highest BCUT2D eigenvalue weighted by molar-refractivity contribution is 7.90. The Labute approximate surface area is 110 Å². The summed E-state index contributed by atoms with van der Waals surface area (Å²) in [5, 5.41) is 4.14. The number of sulfonamides is 1. The fourth-order valence-electron chi connectivity index (χ4n) is 1.28. The molecule has 2 rings (SSSR count). The molecule has 0 aliphatic rings. The van der Waals surface area contributed by atoms with E-state index in [2.05, 4.69) is 9.63 Å². The first kappa shape index (κ1) is 12.7. The quantitative estimate of drug-likeness (QED) is 0.803. The summed E-state index contributed by atoms with van der Waals surface area (Å²) in [5.41, 5.74) is 0.391. The molecule has 92 valence electrons. The van der Waals surface area contributed by atoms with E-state index in [1.165, 1.54) is 18.2 Å². The van der Waals surface area contributed by atoms with E-state index in [1.807, 2.05) is 0 Å². The van der Waals surface area contributed by atoms with Crippen molar-refractivity contribution >= 4 is 27.3 Å². The van der Waals surface area contributed by atoms with Gasteiger partial charge in [0, 0.05) is 5.02 Å². The van der Waals surface area contributed by atoms with Gasteiger partial charge in [0.2, 0.25) is 0 Å². The van der Waals surface area contributed by atoms with Crippen LogP contribution in [0.15, 0.2) is 69.1 Å². The third kappa shape index (κ3) is 3.15.